The molecule has 0 unspecified atom stereocenters. The maximum atomic E-state index is 5.12. The number of hydrogen-bond acceptors (Lipinski definition) is 2. The highest BCUT2D eigenvalue weighted by atomic mass is 16.6. The van der Waals surface area contributed by atoms with Gasteiger partial charge in [-0.1, -0.05) is 12.8 Å². The molecule has 2 N–H and O–H groups in total. The zero-order chi connectivity index (χ0) is 7.28. The predicted molar refractivity (Wildman–Crippen MR) is 37.1 cm³/mol. The van der Waals surface area contributed by atoms with Crippen LogP contribution in [0.15, 0.2) is 11.3 Å². The van der Waals surface area contributed by atoms with Crippen molar-refractivity contribution in [1.82, 2.24) is 0 Å². The number of allylic oxidation sites excluding steroid dienone is 2. The topological polar surface area (TPSA) is 35.2 Å². The van der Waals surface area contributed by atoms with E-state index in [9.17, 15) is 0 Å². The molecule has 0 atom stereocenters. The van der Waals surface area contributed by atoms with Gasteiger partial charge in [-0.2, -0.15) is 5.90 Å². The summed E-state index contributed by atoms with van der Waals surface area (Å²) in [7, 11) is 0. The molecule has 0 bridgehead atoms. The maximum Gasteiger partial charge on any atom is 0.132 e. The average Bonchev–Trinajstić information content (AvgIpc) is 1.90. The molecule has 0 aliphatic carbocycles. The van der Waals surface area contributed by atoms with Crippen LogP contribution in [0.4, 0.5) is 0 Å². The van der Waals surface area contributed by atoms with Gasteiger partial charge < -0.3 is 4.84 Å². The second-order valence-corrected chi connectivity index (χ2v) is 1.65. The normalized spacial score (nSPS) is 11.8. The van der Waals surface area contributed by atoms with Gasteiger partial charge in [0.15, 0.2) is 0 Å². The van der Waals surface area contributed by atoms with Crippen molar-refractivity contribution in [2.24, 2.45) is 5.90 Å². The minimum atomic E-state index is 0.625. The van der Waals surface area contributed by atoms with Crippen molar-refractivity contribution in [1.29, 1.82) is 0 Å². The van der Waals surface area contributed by atoms with Gasteiger partial charge in [0.2, 0.25) is 0 Å². The first-order chi connectivity index (χ1) is 4.26. The molecule has 50 valence electrons. The van der Waals surface area contributed by atoms with E-state index in [1.165, 1.54) is 0 Å². The van der Waals surface area contributed by atoms with Crippen LogP contribution >= 0.6 is 0 Å². The highest BCUT2D eigenvalue weighted by molar-refractivity contribution is 5.26. The monoisotopic (exact) mass is 125 g/mol. The molecule has 0 rings (SSSR count). The van der Waals surface area contributed by atoms with Crippen LogP contribution in [-0.4, -0.2) is 0 Å². The fourth-order valence-electron chi connectivity index (χ4n) is 0.524. The molecule has 0 aliphatic rings. The molecular weight excluding hydrogens is 114 g/mol. The van der Waals surface area contributed by atoms with Crippen LogP contribution in [0.2, 0.25) is 0 Å². The fourth-order valence-corrected chi connectivity index (χ4v) is 0.524. The van der Waals surface area contributed by atoms with E-state index in [0.29, 0.717) is 5.76 Å². The maximum absolute atomic E-state index is 5.12. The van der Waals surface area contributed by atoms with Crippen molar-refractivity contribution in [2.45, 2.75) is 20.3 Å². The first-order valence-corrected chi connectivity index (χ1v) is 2.79. The zero-order valence-corrected chi connectivity index (χ0v) is 5.77. The molecular formula is C7H11NO. The van der Waals surface area contributed by atoms with Gasteiger partial charge in [-0.25, -0.2) is 0 Å². The molecule has 2 heteroatoms. The Morgan fingerprint density at radius 1 is 1.78 bits per heavy atom. The molecule has 0 spiro atoms. The van der Waals surface area contributed by atoms with Gasteiger partial charge in [0, 0.05) is 5.57 Å². The smallest absolute Gasteiger partial charge is 0.132 e. The lowest BCUT2D eigenvalue weighted by molar-refractivity contribution is 0.219. The third-order valence-electron chi connectivity index (χ3n) is 1.13. The van der Waals surface area contributed by atoms with Crippen LogP contribution in [0.25, 0.3) is 0 Å². The molecule has 0 aromatic heterocycles. The molecule has 0 fully saturated rings. The van der Waals surface area contributed by atoms with Gasteiger partial charge in [0.1, 0.15) is 5.76 Å². The Balaban J connectivity index is 4.24. The van der Waals surface area contributed by atoms with Crippen molar-refractivity contribution in [3.63, 3.8) is 0 Å². The second-order valence-electron chi connectivity index (χ2n) is 1.65. The summed E-state index contributed by atoms with van der Waals surface area (Å²) in [5, 5.41) is 0. The van der Waals surface area contributed by atoms with Crippen LogP contribution in [0.5, 0.6) is 0 Å². The molecule has 0 amide bonds. The Morgan fingerprint density at radius 2 is 2.33 bits per heavy atom. The van der Waals surface area contributed by atoms with E-state index in [1.807, 2.05) is 6.92 Å². The summed E-state index contributed by atoms with van der Waals surface area (Å²) < 4.78 is 0. The lowest BCUT2D eigenvalue weighted by atomic mass is 10.2. The molecule has 0 radical (unpaired) electrons. The summed E-state index contributed by atoms with van der Waals surface area (Å²) in [4.78, 5) is 4.43. The highest BCUT2D eigenvalue weighted by Gasteiger charge is 1.94. The predicted octanol–water partition coefficient (Wildman–Crippen LogP) is 1.19. The lowest BCUT2D eigenvalue weighted by Crippen LogP contribution is -1.98. The Labute approximate surface area is 55.6 Å². The number of nitrogens with two attached hydrogens (primary N) is 1. The molecule has 9 heavy (non-hydrogen) atoms. The SMILES string of the molecule is C#C/C(CC)=C(\C)ON. The number of terminal acetylenes is 1. The van der Waals surface area contributed by atoms with Gasteiger partial charge in [0.05, 0.1) is 0 Å². The van der Waals surface area contributed by atoms with E-state index in [4.69, 9.17) is 12.3 Å². The van der Waals surface area contributed by atoms with E-state index >= 15 is 0 Å². The molecule has 0 saturated heterocycles. The fraction of sp³-hybridized carbons (Fsp3) is 0.429. The van der Waals surface area contributed by atoms with E-state index < -0.39 is 0 Å². The zero-order valence-electron chi connectivity index (χ0n) is 5.77. The Bertz CT molecular complexity index is 153. The first kappa shape index (κ1) is 8.06. The summed E-state index contributed by atoms with van der Waals surface area (Å²) >= 11 is 0. The quantitative estimate of drug-likeness (QED) is 0.342. The summed E-state index contributed by atoms with van der Waals surface area (Å²) in [6.07, 6.45) is 5.91. The summed E-state index contributed by atoms with van der Waals surface area (Å²) in [6, 6.07) is 0. The summed E-state index contributed by atoms with van der Waals surface area (Å²) in [5.74, 6) is 7.97. The van der Waals surface area contributed by atoms with Crippen LogP contribution in [0.1, 0.15) is 20.3 Å². The highest BCUT2D eigenvalue weighted by Crippen LogP contribution is 2.05. The third kappa shape index (κ3) is 2.20. The molecule has 0 aromatic carbocycles. The van der Waals surface area contributed by atoms with E-state index in [-0.39, 0.29) is 0 Å². The van der Waals surface area contributed by atoms with Crippen LogP contribution in [0, 0.1) is 12.3 Å². The lowest BCUT2D eigenvalue weighted by Gasteiger charge is -1.99. The van der Waals surface area contributed by atoms with Crippen LogP contribution in [-0.2, 0) is 4.84 Å². The van der Waals surface area contributed by atoms with Gasteiger partial charge >= 0.3 is 0 Å². The molecule has 0 aromatic rings. The van der Waals surface area contributed by atoms with Gasteiger partial charge in [-0.05, 0) is 13.3 Å². The number of hydrogen-bond donors (Lipinski definition) is 1. The molecule has 0 aliphatic heterocycles. The minimum Gasteiger partial charge on any atom is -0.415 e. The van der Waals surface area contributed by atoms with Crippen LogP contribution in [0.3, 0.4) is 0 Å². The molecule has 2 nitrogen and oxygen atoms in total. The summed E-state index contributed by atoms with van der Waals surface area (Å²) in [6.45, 7) is 3.70. The third-order valence-corrected chi connectivity index (χ3v) is 1.13. The Kier molecular flexibility index (Phi) is 3.57. The standard InChI is InChI=1S/C7H11NO/c1-4-7(5-2)6(3)9-8/h1H,5,8H2,2-3H3/b7-6-. The van der Waals surface area contributed by atoms with Crippen molar-refractivity contribution in [3.05, 3.63) is 11.3 Å². The van der Waals surface area contributed by atoms with E-state index in [1.54, 1.807) is 6.92 Å². The first-order valence-electron chi connectivity index (χ1n) is 2.79. The number of rotatable bonds is 2. The Hall–Kier alpha value is -0.940. The van der Waals surface area contributed by atoms with Gasteiger partial charge in [0.25, 0.3) is 0 Å². The minimum absolute atomic E-state index is 0.625. The van der Waals surface area contributed by atoms with Crippen molar-refractivity contribution < 1.29 is 4.84 Å². The van der Waals surface area contributed by atoms with E-state index in [2.05, 4.69) is 10.8 Å². The molecule has 0 heterocycles. The van der Waals surface area contributed by atoms with Crippen molar-refractivity contribution in [2.75, 3.05) is 0 Å². The van der Waals surface area contributed by atoms with Gasteiger partial charge in [-0.15, -0.1) is 6.42 Å². The Morgan fingerprint density at radius 3 is 2.44 bits per heavy atom. The second kappa shape index (κ2) is 3.99. The summed E-state index contributed by atoms with van der Waals surface area (Å²) in [5.41, 5.74) is 0.817. The van der Waals surface area contributed by atoms with Crippen molar-refractivity contribution >= 4 is 0 Å². The van der Waals surface area contributed by atoms with Gasteiger partial charge in [-0.3, -0.25) is 0 Å². The van der Waals surface area contributed by atoms with E-state index in [0.717, 1.165) is 12.0 Å². The molecule has 0 saturated carbocycles. The average molecular weight is 125 g/mol. The largest absolute Gasteiger partial charge is 0.415 e. The van der Waals surface area contributed by atoms with Crippen LogP contribution < -0.4 is 5.90 Å². The van der Waals surface area contributed by atoms with Crippen molar-refractivity contribution in [3.8, 4) is 12.3 Å².